The minimum Gasteiger partial charge on any atom is -0.486 e. The number of ether oxygens (including phenoxy) is 1. The van der Waals surface area contributed by atoms with Crippen LogP contribution >= 0.6 is 11.6 Å². The number of anilines is 1. The van der Waals surface area contributed by atoms with Gasteiger partial charge in [-0.05, 0) is 52.0 Å². The van der Waals surface area contributed by atoms with Gasteiger partial charge in [-0.1, -0.05) is 11.6 Å². The molecule has 32 heavy (non-hydrogen) atoms. The van der Waals surface area contributed by atoms with Crippen LogP contribution in [-0.4, -0.2) is 35.7 Å². The Morgan fingerprint density at radius 1 is 1.19 bits per heavy atom. The van der Waals surface area contributed by atoms with E-state index < -0.39 is 27.2 Å². The third-order valence-electron chi connectivity index (χ3n) is 4.28. The monoisotopic (exact) mass is 479 g/mol. The molecule has 0 saturated heterocycles. The lowest BCUT2D eigenvalue weighted by Gasteiger charge is -2.21. The summed E-state index contributed by atoms with van der Waals surface area (Å²) in [5.41, 5.74) is 0.538. The van der Waals surface area contributed by atoms with E-state index in [-0.39, 0.29) is 27.0 Å². The van der Waals surface area contributed by atoms with Gasteiger partial charge in [0.15, 0.2) is 21.5 Å². The first-order valence-electron chi connectivity index (χ1n) is 9.59. The molecule has 2 heterocycles. The first-order valence-corrected chi connectivity index (χ1v) is 11.9. The number of pyridine rings is 1. The largest absolute Gasteiger partial charge is 0.486 e. The minimum absolute atomic E-state index is 0.0158. The van der Waals surface area contributed by atoms with Gasteiger partial charge in [-0.2, -0.15) is 0 Å². The number of nitrogens with one attached hydrogen (secondary N) is 1. The van der Waals surface area contributed by atoms with Crippen LogP contribution < -0.4 is 10.1 Å². The average Bonchev–Trinajstić information content (AvgIpc) is 3.01. The molecule has 0 aliphatic heterocycles. The maximum absolute atomic E-state index is 14.7. The SMILES string of the molecule is Cc1cc(C(=O)Nc2cc(Cl)cc(S(C)(=O)=O)c2)cn1-c1ncc(OC(C)(C)C)cc1F. The quantitative estimate of drug-likeness (QED) is 0.567. The first-order chi connectivity index (χ1) is 14.7. The smallest absolute Gasteiger partial charge is 0.257 e. The molecule has 3 rings (SSSR count). The Hall–Kier alpha value is -2.91. The summed E-state index contributed by atoms with van der Waals surface area (Å²) in [4.78, 5) is 16.9. The molecule has 0 fully saturated rings. The molecule has 1 aromatic carbocycles. The molecule has 1 N–H and O–H groups in total. The molecule has 0 radical (unpaired) electrons. The average molecular weight is 480 g/mol. The summed E-state index contributed by atoms with van der Waals surface area (Å²) in [5.74, 6) is -0.805. The Kier molecular flexibility index (Phi) is 6.35. The molecule has 0 aliphatic rings. The molecule has 170 valence electrons. The van der Waals surface area contributed by atoms with Crippen LogP contribution in [0.3, 0.4) is 0 Å². The van der Waals surface area contributed by atoms with Gasteiger partial charge in [0, 0.05) is 34.9 Å². The van der Waals surface area contributed by atoms with Crippen LogP contribution in [-0.2, 0) is 9.84 Å². The van der Waals surface area contributed by atoms with Gasteiger partial charge in [-0.3, -0.25) is 4.79 Å². The van der Waals surface area contributed by atoms with Gasteiger partial charge in [0.1, 0.15) is 11.4 Å². The van der Waals surface area contributed by atoms with E-state index in [9.17, 15) is 17.6 Å². The zero-order valence-electron chi connectivity index (χ0n) is 18.2. The van der Waals surface area contributed by atoms with Gasteiger partial charge in [-0.15, -0.1) is 0 Å². The van der Waals surface area contributed by atoms with Crippen molar-refractivity contribution in [3.63, 3.8) is 0 Å². The number of hydrogen-bond acceptors (Lipinski definition) is 5. The maximum Gasteiger partial charge on any atom is 0.257 e. The van der Waals surface area contributed by atoms with Gasteiger partial charge in [-0.25, -0.2) is 17.8 Å². The van der Waals surface area contributed by atoms with Crippen LogP contribution in [0, 0.1) is 12.7 Å². The number of rotatable bonds is 5. The van der Waals surface area contributed by atoms with E-state index in [0.29, 0.717) is 11.4 Å². The second kappa shape index (κ2) is 8.55. The number of halogens is 2. The maximum atomic E-state index is 14.7. The Morgan fingerprint density at radius 3 is 2.47 bits per heavy atom. The van der Waals surface area contributed by atoms with Crippen LogP contribution in [0.15, 0.2) is 47.6 Å². The van der Waals surface area contributed by atoms with Crippen LogP contribution in [0.2, 0.25) is 5.02 Å². The lowest BCUT2D eigenvalue weighted by atomic mass is 10.2. The van der Waals surface area contributed by atoms with E-state index in [1.807, 2.05) is 20.8 Å². The molecule has 0 atom stereocenters. The highest BCUT2D eigenvalue weighted by Gasteiger charge is 2.18. The molecule has 0 aliphatic carbocycles. The molecular formula is C22H23ClFN3O4S. The number of amides is 1. The van der Waals surface area contributed by atoms with Crippen molar-refractivity contribution in [1.82, 2.24) is 9.55 Å². The van der Waals surface area contributed by atoms with Gasteiger partial charge in [0.2, 0.25) is 0 Å². The number of aromatic nitrogens is 2. The van der Waals surface area contributed by atoms with Crippen molar-refractivity contribution < 1.29 is 22.3 Å². The molecular weight excluding hydrogens is 457 g/mol. The summed E-state index contributed by atoms with van der Waals surface area (Å²) in [7, 11) is -3.51. The number of nitrogens with zero attached hydrogens (tertiary/aromatic N) is 2. The number of sulfone groups is 1. The summed E-state index contributed by atoms with van der Waals surface area (Å²) in [6.07, 6.45) is 3.91. The van der Waals surface area contributed by atoms with E-state index in [4.69, 9.17) is 16.3 Å². The normalized spacial score (nSPS) is 12.0. The zero-order chi connectivity index (χ0) is 23.8. The second-order valence-corrected chi connectivity index (χ2v) is 10.8. The molecule has 0 saturated carbocycles. The third kappa shape index (κ3) is 5.66. The lowest BCUT2D eigenvalue weighted by Crippen LogP contribution is -2.23. The minimum atomic E-state index is -3.51. The highest BCUT2D eigenvalue weighted by molar-refractivity contribution is 7.90. The van der Waals surface area contributed by atoms with Crippen LogP contribution in [0.1, 0.15) is 36.8 Å². The highest BCUT2D eigenvalue weighted by Crippen LogP contribution is 2.25. The third-order valence-corrected chi connectivity index (χ3v) is 5.59. The summed E-state index contributed by atoms with van der Waals surface area (Å²) in [5, 5.41) is 2.79. The van der Waals surface area contributed by atoms with Crippen molar-refractivity contribution in [2.75, 3.05) is 11.6 Å². The molecule has 1 amide bonds. The number of hydrogen-bond donors (Lipinski definition) is 1. The predicted molar refractivity (Wildman–Crippen MR) is 121 cm³/mol. The van der Waals surface area contributed by atoms with Crippen LogP contribution in [0.5, 0.6) is 5.75 Å². The Morgan fingerprint density at radius 2 is 1.88 bits per heavy atom. The van der Waals surface area contributed by atoms with Crippen molar-refractivity contribution in [2.24, 2.45) is 0 Å². The Balaban J connectivity index is 1.87. The molecule has 2 aromatic heterocycles. The van der Waals surface area contributed by atoms with Crippen LogP contribution in [0.25, 0.3) is 5.82 Å². The summed E-state index contributed by atoms with van der Waals surface area (Å²) in [6, 6.07) is 6.86. The van der Waals surface area contributed by atoms with Crippen molar-refractivity contribution in [3.8, 4) is 11.6 Å². The first kappa shape index (κ1) is 23.7. The lowest BCUT2D eigenvalue weighted by molar-refractivity contribution is 0.102. The predicted octanol–water partition coefficient (Wildman–Crippen LogP) is 4.81. The Labute approximate surface area is 191 Å². The fraction of sp³-hybridized carbons (Fsp3) is 0.273. The number of aryl methyl sites for hydroxylation is 1. The van der Waals surface area contributed by atoms with Gasteiger partial charge < -0.3 is 14.6 Å². The summed E-state index contributed by atoms with van der Waals surface area (Å²) in [6.45, 7) is 7.24. The number of benzene rings is 1. The molecule has 0 bridgehead atoms. The summed E-state index contributed by atoms with van der Waals surface area (Å²) >= 11 is 5.99. The van der Waals surface area contributed by atoms with E-state index in [2.05, 4.69) is 10.3 Å². The van der Waals surface area contributed by atoms with E-state index in [1.54, 1.807) is 13.0 Å². The molecule has 10 heteroatoms. The molecule has 3 aromatic rings. The van der Waals surface area contributed by atoms with Crippen LogP contribution in [0.4, 0.5) is 10.1 Å². The van der Waals surface area contributed by atoms with Crippen molar-refractivity contribution in [1.29, 1.82) is 0 Å². The molecule has 0 unspecified atom stereocenters. The standard InChI is InChI=1S/C22H23ClFN3O4S/c1-13-6-14(21(28)26-16-7-15(23)8-18(9-16)32(5,29)30)12-27(13)20-19(24)10-17(11-25-20)31-22(2,3)4/h6-12H,1-5H3,(H,26,28). The number of carbonyl (C=O) groups excluding carboxylic acids is 1. The van der Waals surface area contributed by atoms with E-state index in [1.165, 1.54) is 41.2 Å². The highest BCUT2D eigenvalue weighted by atomic mass is 35.5. The fourth-order valence-corrected chi connectivity index (χ4v) is 3.96. The van der Waals surface area contributed by atoms with E-state index in [0.717, 1.165) is 6.26 Å². The fourth-order valence-electron chi connectivity index (χ4n) is 2.98. The second-order valence-electron chi connectivity index (χ2n) is 8.33. The molecule has 7 nitrogen and oxygen atoms in total. The zero-order valence-corrected chi connectivity index (χ0v) is 19.8. The van der Waals surface area contributed by atoms with Gasteiger partial charge in [0.05, 0.1) is 16.7 Å². The van der Waals surface area contributed by atoms with Crippen molar-refractivity contribution in [3.05, 3.63) is 64.8 Å². The van der Waals surface area contributed by atoms with Gasteiger partial charge >= 0.3 is 0 Å². The summed E-state index contributed by atoms with van der Waals surface area (Å²) < 4.78 is 45.4. The van der Waals surface area contributed by atoms with Crippen molar-refractivity contribution in [2.45, 2.75) is 38.2 Å². The van der Waals surface area contributed by atoms with Crippen molar-refractivity contribution >= 4 is 33.0 Å². The Bertz CT molecular complexity index is 1300. The van der Waals surface area contributed by atoms with E-state index >= 15 is 0 Å². The number of carbonyl (C=O) groups is 1. The molecule has 0 spiro atoms. The topological polar surface area (TPSA) is 90.3 Å². The van der Waals surface area contributed by atoms with Gasteiger partial charge in [0.25, 0.3) is 5.91 Å².